The molecule has 0 rings (SSSR count). The van der Waals surface area contributed by atoms with Gasteiger partial charge in [-0.3, -0.25) is 37.3 Å². The van der Waals surface area contributed by atoms with Gasteiger partial charge in [-0.2, -0.15) is 0 Å². The maximum absolute atomic E-state index is 13.0. The van der Waals surface area contributed by atoms with E-state index >= 15 is 0 Å². The van der Waals surface area contributed by atoms with Gasteiger partial charge in [0.1, 0.15) is 19.3 Å². The van der Waals surface area contributed by atoms with Gasteiger partial charge in [0.15, 0.2) is 12.2 Å². The zero-order chi connectivity index (χ0) is 64.9. The summed E-state index contributed by atoms with van der Waals surface area (Å²) in [5.74, 6) is -1.41. The molecule has 0 aliphatic rings. The fourth-order valence-corrected chi connectivity index (χ4v) is 12.0. The van der Waals surface area contributed by atoms with Crippen molar-refractivity contribution in [2.45, 2.75) is 374 Å². The van der Waals surface area contributed by atoms with E-state index in [1.807, 2.05) is 0 Å². The Hall–Kier alpha value is -1.94. The number of unbranched alkanes of at least 4 members (excludes halogenated alkanes) is 41. The van der Waals surface area contributed by atoms with Crippen LogP contribution < -0.4 is 0 Å². The largest absolute Gasteiger partial charge is 0.472 e. The van der Waals surface area contributed by atoms with Crippen LogP contribution in [0, 0.1) is 5.92 Å². The number of esters is 4. The Labute approximate surface area is 537 Å². The number of hydrogen-bond acceptors (Lipinski definition) is 15. The number of rotatable bonds is 69. The first kappa shape index (κ1) is 86.1. The standard InChI is InChI=1S/C69H134O17P2/c1-6-9-12-15-18-21-23-25-27-29-32-38-43-48-53-67(72)80-59-64(85-68(73)54-49-44-39-33-30-28-26-24-22-19-16-13-10-7-2)60-83-87(75,76)81-56-63(70)57-82-88(77,78)84-61-65(58-79-66(71)52-47-42-37-31-20-17-14-11-8-3)86-69(74)55-50-45-40-35-34-36-41-46-51-62(4)5/h62-65,70H,6-61H2,1-5H3,(H,75,76)(H,77,78)/t63-,64-,65-/m1/s1. The molecule has 0 fully saturated rings. The molecule has 0 spiro atoms. The van der Waals surface area contributed by atoms with E-state index in [0.717, 1.165) is 95.8 Å². The van der Waals surface area contributed by atoms with Crippen LogP contribution in [0.5, 0.6) is 0 Å². The number of carbonyl (C=O) groups excluding carboxylic acids is 4. The molecule has 522 valence electrons. The van der Waals surface area contributed by atoms with Gasteiger partial charge >= 0.3 is 39.5 Å². The third-order valence-electron chi connectivity index (χ3n) is 16.0. The zero-order valence-corrected chi connectivity index (χ0v) is 58.6. The Morgan fingerprint density at radius 3 is 0.773 bits per heavy atom. The summed E-state index contributed by atoms with van der Waals surface area (Å²) in [5, 5.41) is 10.6. The Morgan fingerprint density at radius 2 is 0.523 bits per heavy atom. The van der Waals surface area contributed by atoms with Gasteiger partial charge in [-0.1, -0.05) is 304 Å². The second-order valence-corrected chi connectivity index (χ2v) is 28.3. The van der Waals surface area contributed by atoms with E-state index < -0.39 is 97.5 Å². The van der Waals surface area contributed by atoms with Crippen molar-refractivity contribution in [3.63, 3.8) is 0 Å². The second-order valence-electron chi connectivity index (χ2n) is 25.4. The molecule has 0 bridgehead atoms. The SMILES string of the molecule is CCCCCCCCCCCCCCCCC(=O)OC[C@H](COP(=O)(O)OC[C@@H](O)COP(=O)(O)OC[C@@H](COC(=O)CCCCCCCCCCC)OC(=O)CCCCCCCCCCC(C)C)OC(=O)CCCCCCCCCCCCCCCC. The van der Waals surface area contributed by atoms with Crippen molar-refractivity contribution in [3.8, 4) is 0 Å². The smallest absolute Gasteiger partial charge is 0.462 e. The average Bonchev–Trinajstić information content (AvgIpc) is 3.68. The van der Waals surface area contributed by atoms with Crippen LogP contribution >= 0.6 is 15.6 Å². The lowest BCUT2D eigenvalue weighted by atomic mass is 10.0. The van der Waals surface area contributed by atoms with Gasteiger partial charge in [-0.15, -0.1) is 0 Å². The average molecular weight is 1300 g/mol. The number of ether oxygens (including phenoxy) is 4. The molecule has 3 N–H and O–H groups in total. The molecule has 0 amide bonds. The van der Waals surface area contributed by atoms with Crippen LogP contribution in [-0.4, -0.2) is 96.7 Å². The van der Waals surface area contributed by atoms with Crippen LogP contribution in [0.2, 0.25) is 0 Å². The van der Waals surface area contributed by atoms with Gasteiger partial charge in [-0.05, 0) is 31.6 Å². The molecular weight excluding hydrogens is 1160 g/mol. The van der Waals surface area contributed by atoms with Gasteiger partial charge in [0.25, 0.3) is 0 Å². The molecule has 2 unspecified atom stereocenters. The summed E-state index contributed by atoms with van der Waals surface area (Å²) in [5.41, 5.74) is 0. The number of aliphatic hydroxyl groups excluding tert-OH is 1. The van der Waals surface area contributed by atoms with Crippen LogP contribution in [0.4, 0.5) is 0 Å². The molecule has 5 atom stereocenters. The van der Waals surface area contributed by atoms with Crippen molar-refractivity contribution >= 4 is 39.5 Å². The van der Waals surface area contributed by atoms with E-state index in [0.29, 0.717) is 25.7 Å². The minimum Gasteiger partial charge on any atom is -0.462 e. The van der Waals surface area contributed by atoms with Gasteiger partial charge in [0, 0.05) is 25.7 Å². The van der Waals surface area contributed by atoms with Crippen LogP contribution in [0.25, 0.3) is 0 Å². The van der Waals surface area contributed by atoms with E-state index in [1.54, 1.807) is 0 Å². The Kier molecular flexibility index (Phi) is 61.1. The molecule has 0 aromatic rings. The third kappa shape index (κ3) is 62.8. The molecule has 0 aliphatic heterocycles. The zero-order valence-electron chi connectivity index (χ0n) is 56.9. The molecular formula is C69H134O17P2. The lowest BCUT2D eigenvalue weighted by Gasteiger charge is -2.21. The molecule has 0 aromatic carbocycles. The molecule has 0 heterocycles. The van der Waals surface area contributed by atoms with Crippen LogP contribution in [0.15, 0.2) is 0 Å². The third-order valence-corrected chi connectivity index (χ3v) is 17.9. The number of carbonyl (C=O) groups is 4. The van der Waals surface area contributed by atoms with Crippen molar-refractivity contribution in [1.82, 2.24) is 0 Å². The summed E-state index contributed by atoms with van der Waals surface area (Å²) in [6, 6.07) is 0. The highest BCUT2D eigenvalue weighted by Crippen LogP contribution is 2.45. The van der Waals surface area contributed by atoms with E-state index in [1.165, 1.54) is 180 Å². The van der Waals surface area contributed by atoms with Gasteiger partial charge < -0.3 is 33.8 Å². The Balaban J connectivity index is 5.23. The number of phosphoric acid groups is 2. The summed E-state index contributed by atoms with van der Waals surface area (Å²) in [6.07, 6.45) is 48.5. The molecule has 0 saturated carbocycles. The van der Waals surface area contributed by atoms with Crippen molar-refractivity contribution < 1.29 is 80.2 Å². The van der Waals surface area contributed by atoms with Crippen molar-refractivity contribution in [2.75, 3.05) is 39.6 Å². The van der Waals surface area contributed by atoms with Crippen LogP contribution in [0.1, 0.15) is 356 Å². The monoisotopic (exact) mass is 1300 g/mol. The summed E-state index contributed by atoms with van der Waals surface area (Å²) in [4.78, 5) is 72.4. The fourth-order valence-electron chi connectivity index (χ4n) is 10.5. The van der Waals surface area contributed by atoms with E-state index in [2.05, 4.69) is 34.6 Å². The summed E-state index contributed by atoms with van der Waals surface area (Å²) >= 11 is 0. The Morgan fingerprint density at radius 1 is 0.307 bits per heavy atom. The predicted octanol–water partition coefficient (Wildman–Crippen LogP) is 19.7. The molecule has 0 saturated heterocycles. The minimum atomic E-state index is -4.95. The molecule has 17 nitrogen and oxygen atoms in total. The van der Waals surface area contributed by atoms with Crippen molar-refractivity contribution in [1.29, 1.82) is 0 Å². The fraction of sp³-hybridized carbons (Fsp3) is 0.942. The van der Waals surface area contributed by atoms with Gasteiger partial charge in [0.05, 0.1) is 26.4 Å². The predicted molar refractivity (Wildman–Crippen MR) is 354 cm³/mol. The minimum absolute atomic E-state index is 0.105. The maximum atomic E-state index is 13.0. The van der Waals surface area contributed by atoms with Gasteiger partial charge in [-0.25, -0.2) is 9.13 Å². The molecule has 0 aliphatic carbocycles. The lowest BCUT2D eigenvalue weighted by Crippen LogP contribution is -2.30. The van der Waals surface area contributed by atoms with Crippen LogP contribution in [-0.2, 0) is 65.4 Å². The first-order chi connectivity index (χ1) is 42.5. The number of hydrogen-bond donors (Lipinski definition) is 3. The highest BCUT2D eigenvalue weighted by atomic mass is 31.2. The van der Waals surface area contributed by atoms with E-state index in [4.69, 9.17) is 37.0 Å². The van der Waals surface area contributed by atoms with E-state index in [-0.39, 0.29) is 25.7 Å². The number of phosphoric ester groups is 2. The molecule has 88 heavy (non-hydrogen) atoms. The topological polar surface area (TPSA) is 237 Å². The molecule has 0 aromatic heterocycles. The van der Waals surface area contributed by atoms with E-state index in [9.17, 15) is 43.2 Å². The lowest BCUT2D eigenvalue weighted by molar-refractivity contribution is -0.161. The highest BCUT2D eigenvalue weighted by Gasteiger charge is 2.30. The first-order valence-corrected chi connectivity index (χ1v) is 39.1. The van der Waals surface area contributed by atoms with Crippen molar-refractivity contribution in [2.24, 2.45) is 5.92 Å². The second kappa shape index (κ2) is 62.5. The van der Waals surface area contributed by atoms with Gasteiger partial charge in [0.2, 0.25) is 0 Å². The normalized spacial score (nSPS) is 14.1. The van der Waals surface area contributed by atoms with Crippen LogP contribution in [0.3, 0.4) is 0 Å². The number of aliphatic hydroxyl groups is 1. The summed E-state index contributed by atoms with van der Waals surface area (Å²) in [6.45, 7) is 7.19. The maximum Gasteiger partial charge on any atom is 0.472 e. The quantitative estimate of drug-likeness (QED) is 0.0222. The molecule has 19 heteroatoms. The summed E-state index contributed by atoms with van der Waals surface area (Å²) < 4.78 is 68.2. The first-order valence-electron chi connectivity index (χ1n) is 36.1. The summed E-state index contributed by atoms with van der Waals surface area (Å²) in [7, 11) is -9.89. The van der Waals surface area contributed by atoms with Crippen molar-refractivity contribution in [3.05, 3.63) is 0 Å². The molecule has 0 radical (unpaired) electrons. The highest BCUT2D eigenvalue weighted by molar-refractivity contribution is 7.47. The Bertz CT molecular complexity index is 1700.